The largest absolute Gasteiger partial charge is 0.363 e. The number of hydrogen-bond acceptors (Lipinski definition) is 7. The summed E-state index contributed by atoms with van der Waals surface area (Å²) in [4.78, 5) is 19.7. The highest BCUT2D eigenvalue weighted by molar-refractivity contribution is 6.28. The van der Waals surface area contributed by atoms with Gasteiger partial charge in [0.05, 0.1) is 17.6 Å². The van der Waals surface area contributed by atoms with Crippen LogP contribution in [0.1, 0.15) is 18.2 Å². The number of rotatable bonds is 6. The van der Waals surface area contributed by atoms with E-state index in [0.29, 0.717) is 18.0 Å². The number of fused-ring (bicyclic) bond motifs is 1. The summed E-state index contributed by atoms with van der Waals surface area (Å²) in [6, 6.07) is 7.90. The smallest absolute Gasteiger partial charge is 0.243 e. The van der Waals surface area contributed by atoms with Crippen molar-refractivity contribution in [1.29, 1.82) is 0 Å². The van der Waals surface area contributed by atoms with Gasteiger partial charge in [0.15, 0.2) is 11.5 Å². The van der Waals surface area contributed by atoms with Crippen molar-refractivity contribution in [3.63, 3.8) is 0 Å². The molecule has 0 unspecified atom stereocenters. The normalized spacial score (nSPS) is 10.9. The lowest BCUT2D eigenvalue weighted by atomic mass is 10.1. The summed E-state index contributed by atoms with van der Waals surface area (Å²) in [6.07, 6.45) is 5.31. The van der Waals surface area contributed by atoms with E-state index in [-0.39, 0.29) is 5.28 Å². The van der Waals surface area contributed by atoms with Gasteiger partial charge in [-0.25, -0.2) is 14.5 Å². The van der Waals surface area contributed by atoms with E-state index in [9.17, 15) is 0 Å². The van der Waals surface area contributed by atoms with Gasteiger partial charge in [-0.05, 0) is 47.9 Å². The number of nitrogens with one attached hydrogen (secondary N) is 1. The van der Waals surface area contributed by atoms with Crippen molar-refractivity contribution >= 4 is 34.5 Å². The van der Waals surface area contributed by atoms with Crippen LogP contribution in [0.15, 0.2) is 49.4 Å². The highest BCUT2D eigenvalue weighted by atomic mass is 35.5. The Morgan fingerprint density at radius 1 is 1.17 bits per heavy atom. The van der Waals surface area contributed by atoms with Crippen LogP contribution in [-0.4, -0.2) is 43.6 Å². The molecule has 0 radical (unpaired) electrons. The summed E-state index contributed by atoms with van der Waals surface area (Å²) >= 11 is 6.14. The third-order valence-electron chi connectivity index (χ3n) is 4.59. The quantitative estimate of drug-likeness (QED) is 0.505. The summed E-state index contributed by atoms with van der Waals surface area (Å²) in [5.74, 6) is 1.43. The van der Waals surface area contributed by atoms with Crippen LogP contribution < -0.4 is 10.2 Å². The molecule has 9 heteroatoms. The number of anilines is 2. The predicted octanol–water partition coefficient (Wildman–Crippen LogP) is 3.95. The second kappa shape index (κ2) is 8.08. The fourth-order valence-corrected chi connectivity index (χ4v) is 3.24. The molecule has 30 heavy (non-hydrogen) atoms. The maximum atomic E-state index is 6.14. The van der Waals surface area contributed by atoms with Crippen LogP contribution in [-0.2, 0) is 6.54 Å². The number of nitrogens with zero attached hydrogens (tertiary/aromatic N) is 7. The summed E-state index contributed by atoms with van der Waals surface area (Å²) in [6.45, 7) is 6.34. The van der Waals surface area contributed by atoms with E-state index in [2.05, 4.69) is 36.9 Å². The van der Waals surface area contributed by atoms with Gasteiger partial charge in [0.2, 0.25) is 5.28 Å². The van der Waals surface area contributed by atoms with Crippen molar-refractivity contribution in [3.05, 3.63) is 66.0 Å². The first-order valence-electron chi connectivity index (χ1n) is 9.32. The average Bonchev–Trinajstić information content (AvgIpc) is 3.16. The number of halogens is 1. The molecule has 0 saturated carbocycles. The fourth-order valence-electron chi connectivity index (χ4n) is 3.08. The van der Waals surface area contributed by atoms with Crippen LogP contribution in [0.5, 0.6) is 0 Å². The lowest BCUT2D eigenvalue weighted by Crippen LogP contribution is -2.10. The molecule has 0 amide bonds. The molecule has 1 N–H and O–H groups in total. The molecule has 0 aromatic carbocycles. The molecule has 0 aliphatic rings. The standard InChI is InChI=1S/C21H21ClN8/c1-13(2)16-12-26-20-19(27-21(22)28-30(16)20)25-11-14-6-5-9-23-18(14)15-7-8-17(24-10-15)29(3)4/h5-10,12H,1,11H2,2-4H3,(H,25,27,28). The summed E-state index contributed by atoms with van der Waals surface area (Å²) < 4.78 is 1.65. The second-order valence-corrected chi connectivity index (χ2v) is 7.39. The van der Waals surface area contributed by atoms with E-state index in [1.807, 2.05) is 56.4 Å². The molecule has 4 heterocycles. The Kier molecular flexibility index (Phi) is 5.33. The zero-order chi connectivity index (χ0) is 21.3. The number of hydrogen-bond donors (Lipinski definition) is 1. The number of allylic oxidation sites excluding steroid dienone is 1. The Morgan fingerprint density at radius 3 is 2.70 bits per heavy atom. The van der Waals surface area contributed by atoms with Crippen molar-refractivity contribution in [2.75, 3.05) is 24.3 Å². The lowest BCUT2D eigenvalue weighted by Gasteiger charge is -2.13. The van der Waals surface area contributed by atoms with Gasteiger partial charge in [0, 0.05) is 38.6 Å². The molecular weight excluding hydrogens is 400 g/mol. The third-order valence-corrected chi connectivity index (χ3v) is 4.75. The Labute approximate surface area is 179 Å². The lowest BCUT2D eigenvalue weighted by molar-refractivity contribution is 0.883. The minimum atomic E-state index is 0.125. The zero-order valence-electron chi connectivity index (χ0n) is 17.0. The van der Waals surface area contributed by atoms with Crippen LogP contribution in [0, 0.1) is 0 Å². The maximum absolute atomic E-state index is 6.14. The van der Waals surface area contributed by atoms with Crippen molar-refractivity contribution in [1.82, 2.24) is 29.5 Å². The van der Waals surface area contributed by atoms with E-state index < -0.39 is 0 Å². The minimum absolute atomic E-state index is 0.125. The molecule has 0 fully saturated rings. The highest BCUT2D eigenvalue weighted by Gasteiger charge is 2.14. The maximum Gasteiger partial charge on any atom is 0.243 e. The van der Waals surface area contributed by atoms with Gasteiger partial charge in [-0.1, -0.05) is 12.6 Å². The third kappa shape index (κ3) is 3.81. The highest BCUT2D eigenvalue weighted by Crippen LogP contribution is 2.24. The van der Waals surface area contributed by atoms with Gasteiger partial charge in [0.1, 0.15) is 5.82 Å². The van der Waals surface area contributed by atoms with Gasteiger partial charge < -0.3 is 10.2 Å². The van der Waals surface area contributed by atoms with E-state index in [0.717, 1.165) is 33.9 Å². The molecule has 4 rings (SSSR count). The Balaban J connectivity index is 1.65. The van der Waals surface area contributed by atoms with Crippen LogP contribution in [0.3, 0.4) is 0 Å². The van der Waals surface area contributed by atoms with E-state index >= 15 is 0 Å². The molecule has 152 valence electrons. The van der Waals surface area contributed by atoms with E-state index in [4.69, 9.17) is 11.6 Å². The Morgan fingerprint density at radius 2 is 2.00 bits per heavy atom. The molecule has 0 spiro atoms. The van der Waals surface area contributed by atoms with Crippen molar-refractivity contribution in [3.8, 4) is 11.3 Å². The number of aromatic nitrogens is 6. The van der Waals surface area contributed by atoms with Crippen LogP contribution in [0.2, 0.25) is 5.28 Å². The number of pyridine rings is 2. The van der Waals surface area contributed by atoms with Gasteiger partial charge >= 0.3 is 0 Å². The second-order valence-electron chi connectivity index (χ2n) is 7.05. The predicted molar refractivity (Wildman–Crippen MR) is 120 cm³/mol. The molecule has 4 aromatic rings. The van der Waals surface area contributed by atoms with E-state index in [1.165, 1.54) is 0 Å². The zero-order valence-corrected chi connectivity index (χ0v) is 17.7. The van der Waals surface area contributed by atoms with Crippen LogP contribution in [0.25, 0.3) is 22.5 Å². The molecule has 0 saturated heterocycles. The minimum Gasteiger partial charge on any atom is -0.363 e. The summed E-state index contributed by atoms with van der Waals surface area (Å²) in [5, 5.41) is 7.69. The molecule has 8 nitrogen and oxygen atoms in total. The molecule has 0 aliphatic carbocycles. The summed E-state index contributed by atoms with van der Waals surface area (Å²) in [5.41, 5.74) is 4.99. The molecule has 0 aliphatic heterocycles. The van der Waals surface area contributed by atoms with Crippen LogP contribution in [0.4, 0.5) is 11.6 Å². The van der Waals surface area contributed by atoms with Gasteiger partial charge in [-0.2, -0.15) is 4.98 Å². The molecule has 4 aromatic heterocycles. The topological polar surface area (TPSA) is 84.1 Å². The Bertz CT molecular complexity index is 1210. The summed E-state index contributed by atoms with van der Waals surface area (Å²) in [7, 11) is 3.92. The number of imidazole rings is 1. The van der Waals surface area contributed by atoms with Gasteiger partial charge in [-0.3, -0.25) is 4.98 Å². The molecule has 0 bridgehead atoms. The first-order valence-corrected chi connectivity index (χ1v) is 9.70. The molecule has 0 atom stereocenters. The average molecular weight is 421 g/mol. The monoisotopic (exact) mass is 420 g/mol. The van der Waals surface area contributed by atoms with Crippen molar-refractivity contribution in [2.24, 2.45) is 0 Å². The molecular formula is C21H21ClN8. The SMILES string of the molecule is C=C(C)c1cnc2c(NCc3cccnc3-c3ccc(N(C)C)nc3)nc(Cl)nn12. The Hall–Kier alpha value is -3.52. The first-order chi connectivity index (χ1) is 14.4. The van der Waals surface area contributed by atoms with Gasteiger partial charge in [-0.15, -0.1) is 5.10 Å². The van der Waals surface area contributed by atoms with E-state index in [1.54, 1.807) is 16.9 Å². The fraction of sp³-hybridized carbons (Fsp3) is 0.190. The first kappa shape index (κ1) is 19.8. The van der Waals surface area contributed by atoms with Gasteiger partial charge in [0.25, 0.3) is 0 Å². The van der Waals surface area contributed by atoms with Crippen molar-refractivity contribution in [2.45, 2.75) is 13.5 Å². The van der Waals surface area contributed by atoms with Crippen molar-refractivity contribution < 1.29 is 0 Å². The van der Waals surface area contributed by atoms with Crippen LogP contribution >= 0.6 is 11.6 Å².